The van der Waals surface area contributed by atoms with Crippen molar-refractivity contribution < 1.29 is 9.15 Å². The molecule has 0 amide bonds. The third kappa shape index (κ3) is 1.68. The van der Waals surface area contributed by atoms with Crippen LogP contribution in [-0.2, 0) is 11.2 Å². The van der Waals surface area contributed by atoms with E-state index in [4.69, 9.17) is 9.15 Å². The third-order valence-electron chi connectivity index (χ3n) is 2.00. The first kappa shape index (κ1) is 7.83. The topological polar surface area (TPSA) is 34.4 Å². The maximum Gasteiger partial charge on any atom is 0.115 e. The molecule has 0 bridgehead atoms. The lowest BCUT2D eigenvalue weighted by atomic mass is 10.3. The van der Waals surface area contributed by atoms with Crippen LogP contribution in [0.15, 0.2) is 22.8 Å². The van der Waals surface area contributed by atoms with Crippen LogP contribution >= 0.6 is 0 Å². The smallest absolute Gasteiger partial charge is 0.115 e. The Bertz CT molecular complexity index is 233. The number of hydrogen-bond acceptors (Lipinski definition) is 3. The van der Waals surface area contributed by atoms with Gasteiger partial charge in [0.05, 0.1) is 12.4 Å². The van der Waals surface area contributed by atoms with E-state index < -0.39 is 0 Å². The zero-order valence-corrected chi connectivity index (χ0v) is 7.12. The summed E-state index contributed by atoms with van der Waals surface area (Å²) in [6, 6.07) is 3.86. The maximum absolute atomic E-state index is 5.56. The van der Waals surface area contributed by atoms with Gasteiger partial charge in [-0.3, -0.25) is 5.32 Å². The Hall–Kier alpha value is -0.800. The first-order valence-corrected chi connectivity index (χ1v) is 4.26. The van der Waals surface area contributed by atoms with Gasteiger partial charge >= 0.3 is 0 Å². The molecular formula is C9H13NO2. The van der Waals surface area contributed by atoms with Crippen molar-refractivity contribution in [3.8, 4) is 0 Å². The molecule has 1 saturated heterocycles. The minimum Gasteiger partial charge on any atom is -0.469 e. The first-order chi connectivity index (χ1) is 5.84. The molecule has 2 unspecified atom stereocenters. The molecule has 0 aromatic carbocycles. The highest BCUT2D eigenvalue weighted by Gasteiger charge is 2.21. The molecule has 1 aliphatic rings. The van der Waals surface area contributed by atoms with Gasteiger partial charge in [0.15, 0.2) is 0 Å². The van der Waals surface area contributed by atoms with E-state index in [0.717, 1.165) is 18.7 Å². The van der Waals surface area contributed by atoms with E-state index in [1.54, 1.807) is 6.26 Å². The summed E-state index contributed by atoms with van der Waals surface area (Å²) >= 11 is 0. The van der Waals surface area contributed by atoms with Crippen molar-refractivity contribution in [3.63, 3.8) is 0 Å². The molecule has 2 atom stereocenters. The van der Waals surface area contributed by atoms with Crippen molar-refractivity contribution in [2.24, 2.45) is 0 Å². The molecule has 2 heterocycles. The molecule has 3 heteroatoms. The van der Waals surface area contributed by atoms with Crippen LogP contribution in [-0.4, -0.2) is 18.9 Å². The van der Waals surface area contributed by atoms with Gasteiger partial charge in [-0.15, -0.1) is 0 Å². The normalized spacial score (nSPS) is 29.4. The average Bonchev–Trinajstić information content (AvgIpc) is 2.63. The van der Waals surface area contributed by atoms with Crippen LogP contribution in [0.5, 0.6) is 0 Å². The van der Waals surface area contributed by atoms with Crippen LogP contribution < -0.4 is 5.32 Å². The summed E-state index contributed by atoms with van der Waals surface area (Å²) in [4.78, 5) is 0. The highest BCUT2D eigenvalue weighted by atomic mass is 16.5. The van der Waals surface area contributed by atoms with Crippen molar-refractivity contribution in [2.75, 3.05) is 6.54 Å². The molecule has 0 spiro atoms. The van der Waals surface area contributed by atoms with Crippen molar-refractivity contribution in [1.29, 1.82) is 0 Å². The van der Waals surface area contributed by atoms with E-state index in [1.165, 1.54) is 0 Å². The molecule has 1 aliphatic heterocycles. The van der Waals surface area contributed by atoms with Crippen LogP contribution in [0.4, 0.5) is 0 Å². The first-order valence-electron chi connectivity index (χ1n) is 4.26. The van der Waals surface area contributed by atoms with Crippen molar-refractivity contribution in [1.82, 2.24) is 5.32 Å². The minimum atomic E-state index is 0.131. The van der Waals surface area contributed by atoms with Gasteiger partial charge in [0.25, 0.3) is 0 Å². The predicted octanol–water partition coefficient (Wildman–Crippen LogP) is 1.16. The van der Waals surface area contributed by atoms with E-state index in [2.05, 4.69) is 12.2 Å². The SMILES string of the molecule is CC1CNC(Cc2ccco2)O1. The van der Waals surface area contributed by atoms with Gasteiger partial charge in [-0.05, 0) is 19.1 Å². The van der Waals surface area contributed by atoms with E-state index in [1.807, 2.05) is 12.1 Å². The number of furan rings is 1. The maximum atomic E-state index is 5.56. The van der Waals surface area contributed by atoms with Crippen molar-refractivity contribution >= 4 is 0 Å². The van der Waals surface area contributed by atoms with Gasteiger partial charge in [0.1, 0.15) is 12.0 Å². The van der Waals surface area contributed by atoms with Crippen LogP contribution in [0.2, 0.25) is 0 Å². The Kier molecular flexibility index (Phi) is 2.15. The van der Waals surface area contributed by atoms with Crippen LogP contribution in [0.25, 0.3) is 0 Å². The molecule has 1 aromatic heterocycles. The fraction of sp³-hybridized carbons (Fsp3) is 0.556. The van der Waals surface area contributed by atoms with E-state index >= 15 is 0 Å². The molecule has 2 rings (SSSR count). The second-order valence-corrected chi connectivity index (χ2v) is 3.13. The van der Waals surface area contributed by atoms with Gasteiger partial charge in [-0.2, -0.15) is 0 Å². The van der Waals surface area contributed by atoms with E-state index in [-0.39, 0.29) is 6.23 Å². The molecule has 1 aromatic rings. The highest BCUT2D eigenvalue weighted by molar-refractivity contribution is 4.99. The van der Waals surface area contributed by atoms with Gasteiger partial charge < -0.3 is 9.15 Å². The standard InChI is InChI=1S/C9H13NO2/c1-7-6-10-9(12-7)5-8-3-2-4-11-8/h2-4,7,9-10H,5-6H2,1H3. The Morgan fingerprint density at radius 1 is 1.67 bits per heavy atom. The molecular weight excluding hydrogens is 154 g/mol. The number of hydrogen-bond donors (Lipinski definition) is 1. The van der Waals surface area contributed by atoms with E-state index in [9.17, 15) is 0 Å². The molecule has 66 valence electrons. The van der Waals surface area contributed by atoms with Crippen molar-refractivity contribution in [2.45, 2.75) is 25.7 Å². The highest BCUT2D eigenvalue weighted by Crippen LogP contribution is 2.10. The fourth-order valence-electron chi connectivity index (χ4n) is 1.41. The zero-order valence-electron chi connectivity index (χ0n) is 7.12. The summed E-state index contributed by atoms with van der Waals surface area (Å²) in [5.74, 6) is 0.974. The largest absolute Gasteiger partial charge is 0.469 e. The Labute approximate surface area is 71.7 Å². The van der Waals surface area contributed by atoms with Crippen molar-refractivity contribution in [3.05, 3.63) is 24.2 Å². The number of ether oxygens (including phenoxy) is 1. The molecule has 0 radical (unpaired) electrons. The Balaban J connectivity index is 1.88. The van der Waals surface area contributed by atoms with Gasteiger partial charge in [0.2, 0.25) is 0 Å². The summed E-state index contributed by atoms with van der Waals surface area (Å²) in [7, 11) is 0. The summed E-state index contributed by atoms with van der Waals surface area (Å²) in [6.45, 7) is 3.00. The summed E-state index contributed by atoms with van der Waals surface area (Å²) in [5, 5.41) is 3.26. The van der Waals surface area contributed by atoms with Gasteiger partial charge in [-0.25, -0.2) is 0 Å². The Morgan fingerprint density at radius 3 is 3.17 bits per heavy atom. The second kappa shape index (κ2) is 3.29. The summed E-state index contributed by atoms with van der Waals surface area (Å²) in [5.41, 5.74) is 0. The molecule has 1 fully saturated rings. The average molecular weight is 167 g/mol. The van der Waals surface area contributed by atoms with Gasteiger partial charge in [0, 0.05) is 13.0 Å². The summed E-state index contributed by atoms with van der Waals surface area (Å²) in [6.07, 6.45) is 2.96. The van der Waals surface area contributed by atoms with Gasteiger partial charge in [-0.1, -0.05) is 0 Å². The lowest BCUT2D eigenvalue weighted by molar-refractivity contribution is 0.0489. The number of nitrogens with one attached hydrogen (secondary N) is 1. The Morgan fingerprint density at radius 2 is 2.58 bits per heavy atom. The summed E-state index contributed by atoms with van der Waals surface area (Å²) < 4.78 is 10.8. The van der Waals surface area contributed by atoms with Crippen LogP contribution in [0.3, 0.4) is 0 Å². The van der Waals surface area contributed by atoms with Crippen LogP contribution in [0, 0.1) is 0 Å². The second-order valence-electron chi connectivity index (χ2n) is 3.13. The van der Waals surface area contributed by atoms with E-state index in [0.29, 0.717) is 6.10 Å². The van der Waals surface area contributed by atoms with Crippen LogP contribution in [0.1, 0.15) is 12.7 Å². The predicted molar refractivity (Wildman–Crippen MR) is 44.7 cm³/mol. The fourth-order valence-corrected chi connectivity index (χ4v) is 1.41. The molecule has 3 nitrogen and oxygen atoms in total. The number of rotatable bonds is 2. The molecule has 1 N–H and O–H groups in total. The lowest BCUT2D eigenvalue weighted by Crippen LogP contribution is -2.24. The molecule has 12 heavy (non-hydrogen) atoms. The molecule has 0 aliphatic carbocycles. The third-order valence-corrected chi connectivity index (χ3v) is 2.00. The lowest BCUT2D eigenvalue weighted by Gasteiger charge is -2.07. The monoisotopic (exact) mass is 167 g/mol. The minimum absolute atomic E-state index is 0.131. The zero-order chi connectivity index (χ0) is 8.39. The molecule has 0 saturated carbocycles. The quantitative estimate of drug-likeness (QED) is 0.717.